The quantitative estimate of drug-likeness (QED) is 0.909. The molecule has 1 amide bonds. The fourth-order valence-corrected chi connectivity index (χ4v) is 2.45. The average molecular weight is 310 g/mol. The molecule has 0 aliphatic carbocycles. The van der Waals surface area contributed by atoms with Gasteiger partial charge in [0.25, 0.3) is 5.91 Å². The first kappa shape index (κ1) is 14.8. The van der Waals surface area contributed by atoms with Gasteiger partial charge in [0.2, 0.25) is 11.4 Å². The fourth-order valence-electron chi connectivity index (χ4n) is 2.45. The van der Waals surface area contributed by atoms with Gasteiger partial charge in [-0.05, 0) is 12.1 Å². The maximum Gasteiger partial charge on any atom is 0.255 e. The topological polar surface area (TPSA) is 99.1 Å². The summed E-state index contributed by atoms with van der Waals surface area (Å²) < 4.78 is 5.74. The monoisotopic (exact) mass is 310 g/mol. The van der Waals surface area contributed by atoms with Crippen LogP contribution in [0.4, 0.5) is 0 Å². The van der Waals surface area contributed by atoms with Crippen LogP contribution in [0.3, 0.4) is 0 Å². The van der Waals surface area contributed by atoms with Crippen molar-refractivity contribution in [3.63, 3.8) is 0 Å². The molecule has 116 valence electrons. The maximum absolute atomic E-state index is 12.3. The highest BCUT2D eigenvalue weighted by atomic mass is 16.5. The van der Waals surface area contributed by atoms with E-state index in [1.807, 2.05) is 6.07 Å². The van der Waals surface area contributed by atoms with E-state index in [1.165, 1.54) is 24.5 Å². The van der Waals surface area contributed by atoms with E-state index < -0.39 is 0 Å². The van der Waals surface area contributed by atoms with Crippen LogP contribution in [0.15, 0.2) is 41.5 Å². The first-order valence-electron chi connectivity index (χ1n) is 7.16. The van der Waals surface area contributed by atoms with Gasteiger partial charge in [-0.25, -0.2) is 4.98 Å². The molecule has 1 aliphatic heterocycles. The Morgan fingerprint density at radius 3 is 3.04 bits per heavy atom. The maximum atomic E-state index is 12.3. The summed E-state index contributed by atoms with van der Waals surface area (Å²) in [6, 6.07) is 8.05. The van der Waals surface area contributed by atoms with E-state index >= 15 is 0 Å². The third-order valence-electron chi connectivity index (χ3n) is 3.61. The number of ether oxygens (including phenoxy) is 1. The number of H-pyrrole nitrogens is 1. The number of hydrogen-bond acceptors (Lipinski definition) is 5. The summed E-state index contributed by atoms with van der Waals surface area (Å²) in [6.07, 6.45) is 3.46. The lowest BCUT2D eigenvalue weighted by atomic mass is 10.2. The van der Waals surface area contributed by atoms with E-state index in [0.717, 1.165) is 0 Å². The van der Waals surface area contributed by atoms with Crippen LogP contribution in [-0.2, 0) is 0 Å². The number of likely N-dealkylation sites (tertiary alicyclic amines) is 1. The number of nitriles is 1. The SMILES string of the molecule is N#Cc1ccnc(OC2CCN(C(=O)c3ccc(=O)[nH]c3)C2)c1. The van der Waals surface area contributed by atoms with Crippen LogP contribution in [0.2, 0.25) is 0 Å². The molecular formula is C16H14N4O3. The van der Waals surface area contributed by atoms with Gasteiger partial charge in [0.1, 0.15) is 6.10 Å². The Balaban J connectivity index is 1.64. The molecule has 2 aromatic heterocycles. The van der Waals surface area contributed by atoms with Crippen LogP contribution in [0.1, 0.15) is 22.3 Å². The summed E-state index contributed by atoms with van der Waals surface area (Å²) >= 11 is 0. The summed E-state index contributed by atoms with van der Waals surface area (Å²) in [7, 11) is 0. The van der Waals surface area contributed by atoms with Crippen LogP contribution >= 0.6 is 0 Å². The van der Waals surface area contributed by atoms with Crippen LogP contribution < -0.4 is 10.3 Å². The molecule has 1 unspecified atom stereocenters. The van der Waals surface area contributed by atoms with Crippen molar-refractivity contribution >= 4 is 5.91 Å². The van der Waals surface area contributed by atoms with Crippen LogP contribution in [0.5, 0.6) is 5.88 Å². The van der Waals surface area contributed by atoms with E-state index in [1.54, 1.807) is 17.0 Å². The van der Waals surface area contributed by atoms with Crippen molar-refractivity contribution < 1.29 is 9.53 Å². The summed E-state index contributed by atoms with van der Waals surface area (Å²) in [5, 5.41) is 8.87. The normalized spacial score (nSPS) is 16.8. The van der Waals surface area contributed by atoms with Crippen LogP contribution in [0.25, 0.3) is 0 Å². The van der Waals surface area contributed by atoms with E-state index in [0.29, 0.717) is 36.5 Å². The largest absolute Gasteiger partial charge is 0.472 e. The molecule has 1 fully saturated rings. The molecule has 3 rings (SSSR count). The zero-order valence-corrected chi connectivity index (χ0v) is 12.2. The highest BCUT2D eigenvalue weighted by molar-refractivity contribution is 5.94. The Morgan fingerprint density at radius 1 is 1.43 bits per heavy atom. The number of amides is 1. The van der Waals surface area contributed by atoms with Gasteiger partial charge in [0, 0.05) is 37.5 Å². The second-order valence-corrected chi connectivity index (χ2v) is 5.22. The van der Waals surface area contributed by atoms with Gasteiger partial charge in [-0.2, -0.15) is 5.26 Å². The number of aromatic nitrogens is 2. The average Bonchev–Trinajstić information content (AvgIpc) is 3.03. The Hall–Kier alpha value is -3.14. The molecule has 0 aromatic carbocycles. The number of carbonyl (C=O) groups excluding carboxylic acids is 1. The molecular weight excluding hydrogens is 296 g/mol. The summed E-state index contributed by atoms with van der Waals surface area (Å²) in [5.41, 5.74) is 0.677. The molecule has 0 saturated carbocycles. The third-order valence-corrected chi connectivity index (χ3v) is 3.61. The Morgan fingerprint density at radius 2 is 2.30 bits per heavy atom. The molecule has 2 aromatic rings. The lowest BCUT2D eigenvalue weighted by Gasteiger charge is -2.16. The molecule has 1 N–H and O–H groups in total. The predicted octanol–water partition coefficient (Wildman–Crippen LogP) is 0.935. The number of rotatable bonds is 3. The van der Waals surface area contributed by atoms with E-state index in [9.17, 15) is 9.59 Å². The number of nitrogens with zero attached hydrogens (tertiary/aromatic N) is 3. The highest BCUT2D eigenvalue weighted by Crippen LogP contribution is 2.18. The van der Waals surface area contributed by atoms with E-state index in [-0.39, 0.29) is 17.6 Å². The minimum absolute atomic E-state index is 0.147. The van der Waals surface area contributed by atoms with E-state index in [4.69, 9.17) is 10.00 Å². The number of aromatic amines is 1. The molecule has 1 aliphatic rings. The van der Waals surface area contributed by atoms with Crippen molar-refractivity contribution in [2.24, 2.45) is 0 Å². The zero-order valence-electron chi connectivity index (χ0n) is 12.2. The predicted molar refractivity (Wildman–Crippen MR) is 81.0 cm³/mol. The van der Waals surface area contributed by atoms with Crippen molar-refractivity contribution in [3.8, 4) is 11.9 Å². The molecule has 1 atom stereocenters. The van der Waals surface area contributed by atoms with Gasteiger partial charge in [0.05, 0.1) is 23.7 Å². The van der Waals surface area contributed by atoms with Crippen LogP contribution in [0, 0.1) is 11.3 Å². The molecule has 3 heterocycles. The number of carbonyl (C=O) groups is 1. The molecule has 7 nitrogen and oxygen atoms in total. The first-order valence-corrected chi connectivity index (χ1v) is 7.16. The Labute approximate surface area is 132 Å². The molecule has 23 heavy (non-hydrogen) atoms. The molecule has 0 radical (unpaired) electrons. The lowest BCUT2D eigenvalue weighted by Crippen LogP contribution is -2.31. The molecule has 1 saturated heterocycles. The van der Waals surface area contributed by atoms with E-state index in [2.05, 4.69) is 9.97 Å². The van der Waals surface area contributed by atoms with Crippen LogP contribution in [-0.4, -0.2) is 40.0 Å². The van der Waals surface area contributed by atoms with Crippen molar-refractivity contribution in [3.05, 3.63) is 58.1 Å². The second-order valence-electron chi connectivity index (χ2n) is 5.22. The third kappa shape index (κ3) is 3.37. The zero-order chi connectivity index (χ0) is 16.2. The van der Waals surface area contributed by atoms with Gasteiger partial charge in [-0.1, -0.05) is 0 Å². The second kappa shape index (κ2) is 6.32. The summed E-state index contributed by atoms with van der Waals surface area (Å²) in [5.74, 6) is 0.235. The van der Waals surface area contributed by atoms with Gasteiger partial charge < -0.3 is 14.6 Å². The minimum Gasteiger partial charge on any atom is -0.472 e. The summed E-state index contributed by atoms with van der Waals surface area (Å²) in [6.45, 7) is 1.01. The van der Waals surface area contributed by atoms with Gasteiger partial charge in [0.15, 0.2) is 0 Å². The standard InChI is InChI=1S/C16H14N4O3/c17-8-11-3-5-18-15(7-11)23-13-4-6-20(10-13)16(22)12-1-2-14(21)19-9-12/h1-3,5,7,9,13H,4,6,10H2,(H,19,21). The van der Waals surface area contributed by atoms with Gasteiger partial charge in [-0.3, -0.25) is 9.59 Å². The van der Waals surface area contributed by atoms with Crippen molar-refractivity contribution in [2.75, 3.05) is 13.1 Å². The highest BCUT2D eigenvalue weighted by Gasteiger charge is 2.28. The van der Waals surface area contributed by atoms with Crippen molar-refractivity contribution in [2.45, 2.75) is 12.5 Å². The molecule has 7 heteroatoms. The van der Waals surface area contributed by atoms with Gasteiger partial charge >= 0.3 is 0 Å². The summed E-state index contributed by atoms with van der Waals surface area (Å²) in [4.78, 5) is 31.6. The van der Waals surface area contributed by atoms with Crippen molar-refractivity contribution in [1.82, 2.24) is 14.9 Å². The number of nitrogens with one attached hydrogen (secondary N) is 1. The molecule has 0 spiro atoms. The lowest BCUT2D eigenvalue weighted by molar-refractivity contribution is 0.0770. The number of hydrogen-bond donors (Lipinski definition) is 1. The smallest absolute Gasteiger partial charge is 0.255 e. The molecule has 0 bridgehead atoms. The first-order chi connectivity index (χ1) is 11.2. The Kier molecular flexibility index (Phi) is 4.06. The minimum atomic E-state index is -0.243. The number of pyridine rings is 2. The fraction of sp³-hybridized carbons (Fsp3) is 0.250. The van der Waals surface area contributed by atoms with Crippen molar-refractivity contribution in [1.29, 1.82) is 5.26 Å². The van der Waals surface area contributed by atoms with Gasteiger partial charge in [-0.15, -0.1) is 0 Å². The Bertz CT molecular complexity index is 804.